The Morgan fingerprint density at radius 1 is 1.15 bits per heavy atom. The number of hydrogen-bond donors (Lipinski definition) is 2. The first-order valence-corrected chi connectivity index (χ1v) is 8.97. The molecule has 0 bridgehead atoms. The SMILES string of the molecule is C[C@H](Oc1ccc(Cl)cc1Cl)C(=O)NNC(=O)[C@@H]1CCCC[C@@H]1C(=O)[O-]. The van der Waals surface area contributed by atoms with Crippen molar-refractivity contribution >= 4 is 41.0 Å². The lowest BCUT2D eigenvalue weighted by Crippen LogP contribution is -2.52. The molecule has 0 spiro atoms. The van der Waals surface area contributed by atoms with Gasteiger partial charge in [-0.05, 0) is 38.0 Å². The van der Waals surface area contributed by atoms with Crippen LogP contribution < -0.4 is 20.7 Å². The van der Waals surface area contributed by atoms with Gasteiger partial charge >= 0.3 is 0 Å². The fourth-order valence-electron chi connectivity index (χ4n) is 2.86. The van der Waals surface area contributed by atoms with E-state index in [9.17, 15) is 19.5 Å². The molecule has 1 aliphatic rings. The second-order valence-electron chi connectivity index (χ2n) is 6.13. The van der Waals surface area contributed by atoms with E-state index < -0.39 is 35.7 Å². The maximum atomic E-state index is 12.2. The Labute approximate surface area is 161 Å². The summed E-state index contributed by atoms with van der Waals surface area (Å²) in [6.45, 7) is 1.48. The Morgan fingerprint density at radius 3 is 2.42 bits per heavy atom. The van der Waals surface area contributed by atoms with E-state index >= 15 is 0 Å². The summed E-state index contributed by atoms with van der Waals surface area (Å²) in [7, 11) is 0. The second-order valence-corrected chi connectivity index (χ2v) is 6.97. The van der Waals surface area contributed by atoms with Crippen molar-refractivity contribution in [2.45, 2.75) is 38.7 Å². The first-order chi connectivity index (χ1) is 12.3. The number of nitrogens with one attached hydrogen (secondary N) is 2. The molecule has 0 heterocycles. The highest BCUT2D eigenvalue weighted by Crippen LogP contribution is 2.30. The van der Waals surface area contributed by atoms with Crippen LogP contribution in [0.5, 0.6) is 5.75 Å². The number of rotatable bonds is 5. The predicted octanol–water partition coefficient (Wildman–Crippen LogP) is 1.46. The third kappa shape index (κ3) is 5.25. The normalized spacial score (nSPS) is 20.7. The highest BCUT2D eigenvalue weighted by molar-refractivity contribution is 6.35. The van der Waals surface area contributed by atoms with Gasteiger partial charge in [0.05, 0.1) is 5.02 Å². The fourth-order valence-corrected chi connectivity index (χ4v) is 3.31. The average molecular weight is 402 g/mol. The Bertz CT molecular complexity index is 698. The van der Waals surface area contributed by atoms with E-state index in [2.05, 4.69) is 10.9 Å². The predicted molar refractivity (Wildman–Crippen MR) is 93.3 cm³/mol. The maximum absolute atomic E-state index is 12.2. The van der Waals surface area contributed by atoms with E-state index in [0.717, 1.165) is 12.8 Å². The molecule has 9 heteroatoms. The van der Waals surface area contributed by atoms with Gasteiger partial charge in [0.15, 0.2) is 6.10 Å². The number of benzene rings is 1. The zero-order valence-corrected chi connectivity index (χ0v) is 15.6. The molecule has 7 nitrogen and oxygen atoms in total. The number of carbonyl (C=O) groups excluding carboxylic acids is 3. The molecule has 1 aromatic carbocycles. The average Bonchev–Trinajstić information content (AvgIpc) is 2.61. The molecule has 1 aromatic rings. The number of carboxylic acid groups (broad SMARTS) is 1. The number of ether oxygens (including phenoxy) is 1. The number of halogens is 2. The minimum atomic E-state index is -1.25. The number of carbonyl (C=O) groups is 3. The van der Waals surface area contributed by atoms with Crippen LogP contribution in [0.4, 0.5) is 0 Å². The van der Waals surface area contributed by atoms with Crippen LogP contribution in [0.2, 0.25) is 10.0 Å². The largest absolute Gasteiger partial charge is 0.550 e. The van der Waals surface area contributed by atoms with Crippen LogP contribution in [0.3, 0.4) is 0 Å². The van der Waals surface area contributed by atoms with Crippen LogP contribution in [0.25, 0.3) is 0 Å². The van der Waals surface area contributed by atoms with Gasteiger partial charge in [-0.15, -0.1) is 0 Å². The Kier molecular flexibility index (Phi) is 7.11. The van der Waals surface area contributed by atoms with E-state index in [1.54, 1.807) is 6.07 Å². The third-order valence-electron chi connectivity index (χ3n) is 4.28. The monoisotopic (exact) mass is 401 g/mol. The van der Waals surface area contributed by atoms with E-state index in [1.807, 2.05) is 0 Å². The Balaban J connectivity index is 1.88. The summed E-state index contributed by atoms with van der Waals surface area (Å²) in [6, 6.07) is 4.58. The summed E-state index contributed by atoms with van der Waals surface area (Å²) >= 11 is 11.8. The molecule has 2 N–H and O–H groups in total. The molecule has 0 unspecified atom stereocenters. The summed E-state index contributed by atoms with van der Waals surface area (Å²) in [5.41, 5.74) is 4.51. The lowest BCUT2D eigenvalue weighted by atomic mass is 9.79. The van der Waals surface area contributed by atoms with E-state index in [0.29, 0.717) is 17.9 Å². The van der Waals surface area contributed by atoms with Gasteiger partial charge in [-0.3, -0.25) is 20.4 Å². The molecule has 0 radical (unpaired) electrons. The van der Waals surface area contributed by atoms with E-state index in [4.69, 9.17) is 27.9 Å². The summed E-state index contributed by atoms with van der Waals surface area (Å²) in [5.74, 6) is -3.70. The fraction of sp³-hybridized carbons (Fsp3) is 0.471. The topological polar surface area (TPSA) is 108 Å². The van der Waals surface area contributed by atoms with Gasteiger partial charge in [0.1, 0.15) is 5.75 Å². The number of amides is 2. The van der Waals surface area contributed by atoms with Crippen molar-refractivity contribution in [2.75, 3.05) is 0 Å². The highest BCUT2D eigenvalue weighted by atomic mass is 35.5. The van der Waals surface area contributed by atoms with Crippen molar-refractivity contribution in [3.05, 3.63) is 28.2 Å². The molecule has 1 fully saturated rings. The first-order valence-electron chi connectivity index (χ1n) is 8.22. The van der Waals surface area contributed by atoms with Crippen LogP contribution in [0.15, 0.2) is 18.2 Å². The molecular formula is C17H19Cl2N2O5-. The maximum Gasteiger partial charge on any atom is 0.279 e. The first kappa shape index (κ1) is 20.3. The molecule has 26 heavy (non-hydrogen) atoms. The zero-order valence-electron chi connectivity index (χ0n) is 14.1. The number of hydrazine groups is 1. The molecular weight excluding hydrogens is 383 g/mol. The van der Waals surface area contributed by atoms with Crippen LogP contribution in [-0.2, 0) is 14.4 Å². The zero-order chi connectivity index (χ0) is 19.3. The molecule has 142 valence electrons. The molecule has 1 saturated carbocycles. The molecule has 0 aromatic heterocycles. The highest BCUT2D eigenvalue weighted by Gasteiger charge is 2.32. The second kappa shape index (κ2) is 9.09. The van der Waals surface area contributed by atoms with Gasteiger partial charge in [-0.1, -0.05) is 36.0 Å². The van der Waals surface area contributed by atoms with E-state index in [1.165, 1.54) is 19.1 Å². The van der Waals surface area contributed by atoms with Crippen molar-refractivity contribution in [3.8, 4) is 5.75 Å². The van der Waals surface area contributed by atoms with Crippen molar-refractivity contribution in [1.29, 1.82) is 0 Å². The van der Waals surface area contributed by atoms with Gasteiger partial charge in [0.25, 0.3) is 5.91 Å². The van der Waals surface area contributed by atoms with Crippen molar-refractivity contribution in [3.63, 3.8) is 0 Å². The van der Waals surface area contributed by atoms with Crippen molar-refractivity contribution in [2.24, 2.45) is 11.8 Å². The van der Waals surface area contributed by atoms with Crippen molar-refractivity contribution in [1.82, 2.24) is 10.9 Å². The summed E-state index contributed by atoms with van der Waals surface area (Å²) in [4.78, 5) is 35.4. The summed E-state index contributed by atoms with van der Waals surface area (Å²) in [5, 5.41) is 11.8. The summed E-state index contributed by atoms with van der Waals surface area (Å²) < 4.78 is 5.44. The number of hydrogen-bond acceptors (Lipinski definition) is 5. The molecule has 2 amide bonds. The Hall–Kier alpha value is -1.99. The molecule has 0 saturated heterocycles. The van der Waals surface area contributed by atoms with E-state index in [-0.39, 0.29) is 10.8 Å². The molecule has 2 rings (SSSR count). The smallest absolute Gasteiger partial charge is 0.279 e. The third-order valence-corrected chi connectivity index (χ3v) is 4.81. The lowest BCUT2D eigenvalue weighted by molar-refractivity contribution is -0.314. The van der Waals surface area contributed by atoms with Crippen LogP contribution in [-0.4, -0.2) is 23.9 Å². The van der Waals surface area contributed by atoms with Crippen LogP contribution >= 0.6 is 23.2 Å². The lowest BCUT2D eigenvalue weighted by Gasteiger charge is -2.31. The number of carboxylic acids is 1. The Morgan fingerprint density at radius 2 is 1.81 bits per heavy atom. The molecule has 0 aliphatic heterocycles. The van der Waals surface area contributed by atoms with Gasteiger partial charge < -0.3 is 14.6 Å². The molecule has 3 atom stereocenters. The van der Waals surface area contributed by atoms with Crippen molar-refractivity contribution < 1.29 is 24.2 Å². The minimum absolute atomic E-state index is 0.250. The van der Waals surface area contributed by atoms with Gasteiger partial charge in [0.2, 0.25) is 5.91 Å². The summed E-state index contributed by atoms with van der Waals surface area (Å²) in [6.07, 6.45) is 1.37. The molecule has 1 aliphatic carbocycles. The van der Waals surface area contributed by atoms with Crippen LogP contribution in [0, 0.1) is 11.8 Å². The number of aliphatic carboxylic acids is 1. The standard InChI is InChI=1S/C17H20Cl2N2O5/c1-9(26-14-7-6-10(18)8-13(14)19)15(22)20-21-16(23)11-4-2-3-5-12(11)17(24)25/h6-9,11-12H,2-5H2,1H3,(H,20,22)(H,21,23)(H,24,25)/p-1/t9-,11+,12-/m0/s1. The van der Waals surface area contributed by atoms with Gasteiger partial charge in [0, 0.05) is 22.8 Å². The minimum Gasteiger partial charge on any atom is -0.550 e. The van der Waals surface area contributed by atoms with Crippen LogP contribution in [0.1, 0.15) is 32.6 Å². The van der Waals surface area contributed by atoms with Gasteiger partial charge in [-0.2, -0.15) is 0 Å². The quantitative estimate of drug-likeness (QED) is 0.726. The van der Waals surface area contributed by atoms with Gasteiger partial charge in [-0.25, -0.2) is 0 Å².